The van der Waals surface area contributed by atoms with E-state index in [4.69, 9.17) is 0 Å². The highest BCUT2D eigenvalue weighted by Crippen LogP contribution is 2.21. The number of carboxylic acids is 1. The van der Waals surface area contributed by atoms with Crippen LogP contribution >= 0.6 is 0 Å². The summed E-state index contributed by atoms with van der Waals surface area (Å²) < 4.78 is 0. The monoisotopic (exact) mass is 257 g/mol. The lowest BCUT2D eigenvalue weighted by atomic mass is 9.87. The molecule has 0 bridgehead atoms. The van der Waals surface area contributed by atoms with E-state index in [1.807, 2.05) is 13.8 Å². The molecule has 0 aromatic heterocycles. The van der Waals surface area contributed by atoms with Crippen LogP contribution in [0.3, 0.4) is 0 Å². The van der Waals surface area contributed by atoms with Gasteiger partial charge in [-0.3, -0.25) is 4.79 Å². The lowest BCUT2D eigenvalue weighted by molar-refractivity contribution is -0.148. The molecular formula is C14H27NO3. The second-order valence-corrected chi connectivity index (χ2v) is 5.24. The van der Waals surface area contributed by atoms with Crippen molar-refractivity contribution in [2.75, 3.05) is 0 Å². The average molecular weight is 257 g/mol. The van der Waals surface area contributed by atoms with E-state index in [-0.39, 0.29) is 11.8 Å². The number of amides is 1. The predicted octanol–water partition coefficient (Wildman–Crippen LogP) is 2.82. The predicted molar refractivity (Wildman–Crippen MR) is 72.3 cm³/mol. The minimum atomic E-state index is -1.15. The van der Waals surface area contributed by atoms with Crippen molar-refractivity contribution in [3.8, 4) is 0 Å². The molecule has 0 saturated carbocycles. The molecule has 0 saturated heterocycles. The van der Waals surface area contributed by atoms with Gasteiger partial charge in [0, 0.05) is 5.92 Å². The molecule has 0 aliphatic rings. The highest BCUT2D eigenvalue weighted by atomic mass is 16.4. The van der Waals surface area contributed by atoms with Crippen LogP contribution < -0.4 is 5.32 Å². The van der Waals surface area contributed by atoms with Crippen LogP contribution in [0.25, 0.3) is 0 Å². The Morgan fingerprint density at radius 1 is 1.22 bits per heavy atom. The molecule has 4 nitrogen and oxygen atoms in total. The Hall–Kier alpha value is -1.06. The summed E-state index contributed by atoms with van der Waals surface area (Å²) in [7, 11) is 0. The summed E-state index contributed by atoms with van der Waals surface area (Å²) in [6.45, 7) is 9.48. The van der Waals surface area contributed by atoms with Crippen LogP contribution in [0.15, 0.2) is 0 Å². The molecule has 0 aliphatic carbocycles. The molecule has 0 radical (unpaired) electrons. The minimum Gasteiger partial charge on any atom is -0.480 e. The van der Waals surface area contributed by atoms with Crippen LogP contribution in [0, 0.1) is 11.8 Å². The average Bonchev–Trinajstić information content (AvgIpc) is 2.30. The first kappa shape index (κ1) is 16.9. The highest BCUT2D eigenvalue weighted by Gasteiger charge is 2.35. The van der Waals surface area contributed by atoms with Gasteiger partial charge in [-0.05, 0) is 19.3 Å². The number of carbonyl (C=O) groups is 2. The van der Waals surface area contributed by atoms with Crippen molar-refractivity contribution >= 4 is 11.9 Å². The van der Waals surface area contributed by atoms with Gasteiger partial charge in [0.2, 0.25) is 5.91 Å². The molecule has 1 amide bonds. The lowest BCUT2D eigenvalue weighted by Gasteiger charge is -2.29. The molecule has 2 unspecified atom stereocenters. The number of nitrogens with one attached hydrogen (secondary N) is 1. The quantitative estimate of drug-likeness (QED) is 0.702. The van der Waals surface area contributed by atoms with Gasteiger partial charge in [-0.25, -0.2) is 4.79 Å². The smallest absolute Gasteiger partial charge is 0.329 e. The van der Waals surface area contributed by atoms with E-state index in [1.165, 1.54) is 0 Å². The van der Waals surface area contributed by atoms with Gasteiger partial charge < -0.3 is 10.4 Å². The fraction of sp³-hybridized carbons (Fsp3) is 0.857. The third-order valence-corrected chi connectivity index (χ3v) is 3.79. The lowest BCUT2D eigenvalue weighted by Crippen LogP contribution is -2.54. The molecule has 0 aromatic carbocycles. The van der Waals surface area contributed by atoms with Gasteiger partial charge in [0.05, 0.1) is 0 Å². The summed E-state index contributed by atoms with van der Waals surface area (Å²) in [6, 6.07) is 0. The van der Waals surface area contributed by atoms with Crippen LogP contribution in [-0.4, -0.2) is 22.5 Å². The van der Waals surface area contributed by atoms with Crippen molar-refractivity contribution in [3.05, 3.63) is 0 Å². The van der Waals surface area contributed by atoms with Gasteiger partial charge in [-0.2, -0.15) is 0 Å². The summed E-state index contributed by atoms with van der Waals surface area (Å²) >= 11 is 0. The fourth-order valence-corrected chi connectivity index (χ4v) is 2.32. The first-order valence-corrected chi connectivity index (χ1v) is 6.87. The Balaban J connectivity index is 4.75. The second-order valence-electron chi connectivity index (χ2n) is 5.24. The van der Waals surface area contributed by atoms with E-state index in [9.17, 15) is 14.7 Å². The summed E-state index contributed by atoms with van der Waals surface area (Å²) in [5.41, 5.74) is -1.15. The molecule has 2 atom stereocenters. The SMILES string of the molecule is CCCC(C)(NC(=O)C(C)C(CC)CC)C(=O)O. The van der Waals surface area contributed by atoms with Crippen molar-refractivity contribution in [1.29, 1.82) is 0 Å². The maximum absolute atomic E-state index is 12.1. The maximum atomic E-state index is 12.1. The third kappa shape index (κ3) is 4.31. The number of hydrogen-bond donors (Lipinski definition) is 2. The number of carboxylic acid groups (broad SMARTS) is 1. The Morgan fingerprint density at radius 3 is 2.06 bits per heavy atom. The van der Waals surface area contributed by atoms with Gasteiger partial charge in [-0.15, -0.1) is 0 Å². The number of aliphatic carboxylic acids is 1. The summed E-state index contributed by atoms with van der Waals surface area (Å²) in [5, 5.41) is 11.9. The molecule has 0 rings (SSSR count). The molecular weight excluding hydrogens is 230 g/mol. The zero-order valence-electron chi connectivity index (χ0n) is 12.2. The summed E-state index contributed by atoms with van der Waals surface area (Å²) in [5.74, 6) is -0.948. The molecule has 0 spiro atoms. The largest absolute Gasteiger partial charge is 0.480 e. The molecule has 0 aliphatic heterocycles. The van der Waals surface area contributed by atoms with Gasteiger partial charge in [0.1, 0.15) is 5.54 Å². The van der Waals surface area contributed by atoms with E-state index in [0.29, 0.717) is 12.3 Å². The standard InChI is InChI=1S/C14H27NO3/c1-6-9-14(5,13(17)18)15-12(16)10(4)11(7-2)8-3/h10-11H,6-9H2,1-5H3,(H,15,16)(H,17,18). The van der Waals surface area contributed by atoms with E-state index < -0.39 is 11.5 Å². The molecule has 2 N–H and O–H groups in total. The zero-order valence-corrected chi connectivity index (χ0v) is 12.2. The number of hydrogen-bond acceptors (Lipinski definition) is 2. The fourth-order valence-electron chi connectivity index (χ4n) is 2.32. The van der Waals surface area contributed by atoms with Crippen molar-refractivity contribution in [1.82, 2.24) is 5.32 Å². The van der Waals surface area contributed by atoms with E-state index >= 15 is 0 Å². The van der Waals surface area contributed by atoms with Crippen LogP contribution in [0.5, 0.6) is 0 Å². The van der Waals surface area contributed by atoms with Gasteiger partial charge >= 0.3 is 5.97 Å². The number of rotatable bonds is 8. The Morgan fingerprint density at radius 2 is 1.72 bits per heavy atom. The third-order valence-electron chi connectivity index (χ3n) is 3.79. The zero-order chi connectivity index (χ0) is 14.3. The maximum Gasteiger partial charge on any atom is 0.329 e. The molecule has 0 fully saturated rings. The van der Waals surface area contributed by atoms with Crippen LogP contribution in [0.4, 0.5) is 0 Å². The van der Waals surface area contributed by atoms with E-state index in [0.717, 1.165) is 19.3 Å². The Labute approximate surface area is 110 Å². The topological polar surface area (TPSA) is 66.4 Å². The Bertz CT molecular complexity index is 287. The van der Waals surface area contributed by atoms with Crippen LogP contribution in [0.2, 0.25) is 0 Å². The molecule has 18 heavy (non-hydrogen) atoms. The minimum absolute atomic E-state index is 0.143. The van der Waals surface area contributed by atoms with E-state index in [2.05, 4.69) is 19.2 Å². The van der Waals surface area contributed by atoms with E-state index in [1.54, 1.807) is 6.92 Å². The van der Waals surface area contributed by atoms with Crippen LogP contribution in [0.1, 0.15) is 60.3 Å². The van der Waals surface area contributed by atoms with Crippen molar-refractivity contribution in [2.24, 2.45) is 11.8 Å². The second kappa shape index (κ2) is 7.39. The molecule has 0 aromatic rings. The van der Waals surface area contributed by atoms with Crippen LogP contribution in [-0.2, 0) is 9.59 Å². The first-order chi connectivity index (χ1) is 8.32. The molecule has 4 heteroatoms. The van der Waals surface area contributed by atoms with Crippen molar-refractivity contribution < 1.29 is 14.7 Å². The summed E-state index contributed by atoms with van der Waals surface area (Å²) in [6.07, 6.45) is 3.04. The number of carbonyl (C=O) groups excluding carboxylic acids is 1. The first-order valence-electron chi connectivity index (χ1n) is 6.87. The Kier molecular flexibility index (Phi) is 6.96. The normalized spacial score (nSPS) is 16.1. The molecule has 106 valence electrons. The van der Waals surface area contributed by atoms with Crippen molar-refractivity contribution in [3.63, 3.8) is 0 Å². The van der Waals surface area contributed by atoms with Gasteiger partial charge in [-0.1, -0.05) is 47.0 Å². The van der Waals surface area contributed by atoms with Crippen molar-refractivity contribution in [2.45, 2.75) is 65.8 Å². The van der Waals surface area contributed by atoms with Gasteiger partial charge in [0.25, 0.3) is 0 Å². The highest BCUT2D eigenvalue weighted by molar-refractivity contribution is 5.87. The molecule has 0 heterocycles. The van der Waals surface area contributed by atoms with Gasteiger partial charge in [0.15, 0.2) is 0 Å². The summed E-state index contributed by atoms with van der Waals surface area (Å²) in [4.78, 5) is 23.4.